The van der Waals surface area contributed by atoms with Gasteiger partial charge in [0.15, 0.2) is 17.3 Å². The monoisotopic (exact) mass is 607 g/mol. The Morgan fingerprint density at radius 3 is 2.22 bits per heavy atom. The van der Waals surface area contributed by atoms with E-state index in [0.717, 1.165) is 0 Å². The number of methoxy groups -OCH3 is 2. The molecule has 0 saturated carbocycles. The Morgan fingerprint density at radius 1 is 1.07 bits per heavy atom. The first kappa shape index (κ1) is 36.9. The van der Waals surface area contributed by atoms with E-state index in [4.69, 9.17) is 23.3 Å². The number of amides is 2. The van der Waals surface area contributed by atoms with E-state index in [1.807, 2.05) is 0 Å². The summed E-state index contributed by atoms with van der Waals surface area (Å²) < 4.78 is 39.3. The molecule has 0 spiro atoms. The maximum atomic E-state index is 13.5. The summed E-state index contributed by atoms with van der Waals surface area (Å²) in [6, 6.07) is 4.26. The van der Waals surface area contributed by atoms with Crippen LogP contribution in [0.5, 0.6) is 11.5 Å². The van der Waals surface area contributed by atoms with Crippen molar-refractivity contribution in [2.24, 2.45) is 0 Å². The number of rotatable bonds is 15. The summed E-state index contributed by atoms with van der Waals surface area (Å²) in [5, 5.41) is 13.8. The SMILES string of the molecule is CCOP(=O)(CC(=O)C1=C(O)C(CCCNC(=O)OC(C)(C)C)N(Cc2ccc(OC)c(OC)c2)C1=O)OCC.[Na]. The molecule has 0 aromatic heterocycles. The normalized spacial score (nSPS) is 15.4. The van der Waals surface area contributed by atoms with Crippen molar-refractivity contribution in [2.75, 3.05) is 40.1 Å². The van der Waals surface area contributed by atoms with Gasteiger partial charge in [0, 0.05) is 42.6 Å². The van der Waals surface area contributed by atoms with Gasteiger partial charge in [-0.05, 0) is 65.2 Å². The van der Waals surface area contributed by atoms with Gasteiger partial charge >= 0.3 is 13.7 Å². The van der Waals surface area contributed by atoms with Gasteiger partial charge in [-0.1, -0.05) is 6.07 Å². The predicted molar refractivity (Wildman–Crippen MR) is 153 cm³/mol. The zero-order valence-electron chi connectivity index (χ0n) is 25.3. The molecule has 0 saturated heterocycles. The second-order valence-electron chi connectivity index (χ2n) is 10.00. The standard InChI is InChI=1S/C27H41N2O10P.Na/c1-8-37-40(34,38-9-2)17-20(30)23-24(31)19(11-10-14-28-26(33)39-27(3,4)5)29(25(23)32)16-18-12-13-21(35-6)22(15-18)36-7;/h12-13,15,19,31H,8-11,14,16-17H2,1-7H3,(H,28,33);. The topological polar surface area (TPSA) is 150 Å². The second-order valence-corrected chi connectivity index (χ2v) is 12.1. The van der Waals surface area contributed by atoms with Gasteiger partial charge in [-0.25, -0.2) is 4.79 Å². The van der Waals surface area contributed by atoms with Crippen molar-refractivity contribution in [3.05, 3.63) is 35.1 Å². The molecule has 1 heterocycles. The van der Waals surface area contributed by atoms with Gasteiger partial charge in [-0.2, -0.15) is 0 Å². The number of aliphatic hydroxyl groups is 1. The van der Waals surface area contributed by atoms with Crippen LogP contribution in [-0.4, -0.2) is 109 Å². The first-order valence-corrected chi connectivity index (χ1v) is 14.8. The Bertz CT molecular complexity index is 1140. The summed E-state index contributed by atoms with van der Waals surface area (Å²) in [5.74, 6) is -1.01. The van der Waals surface area contributed by atoms with Gasteiger partial charge in [0.2, 0.25) is 0 Å². The van der Waals surface area contributed by atoms with Gasteiger partial charge in [0.05, 0.1) is 33.5 Å². The quantitative estimate of drug-likeness (QED) is 0.130. The number of Topliss-reactive ketones (excluding diaryl/α,β-unsaturated/α-hetero) is 1. The van der Waals surface area contributed by atoms with Crippen LogP contribution in [0.25, 0.3) is 0 Å². The number of carbonyl (C=O) groups is 3. The summed E-state index contributed by atoms with van der Waals surface area (Å²) in [4.78, 5) is 40.1. The molecule has 41 heavy (non-hydrogen) atoms. The number of nitrogens with zero attached hydrogens (tertiary/aromatic N) is 1. The third kappa shape index (κ3) is 10.6. The van der Waals surface area contributed by atoms with E-state index in [1.165, 1.54) is 19.1 Å². The number of ketones is 1. The Morgan fingerprint density at radius 2 is 1.68 bits per heavy atom. The molecule has 0 aliphatic carbocycles. The van der Waals surface area contributed by atoms with Gasteiger partial charge in [0.25, 0.3) is 5.91 Å². The van der Waals surface area contributed by atoms with E-state index in [9.17, 15) is 24.1 Å². The summed E-state index contributed by atoms with van der Waals surface area (Å²) in [7, 11) is -0.824. The van der Waals surface area contributed by atoms with Crippen LogP contribution in [0, 0.1) is 0 Å². The average molecular weight is 608 g/mol. The largest absolute Gasteiger partial charge is 0.509 e. The van der Waals surface area contributed by atoms with Crippen molar-refractivity contribution < 1.29 is 47.3 Å². The first-order chi connectivity index (χ1) is 18.8. The molecule has 1 unspecified atom stereocenters. The Hall–Kier alpha value is -2.08. The molecule has 0 fully saturated rings. The van der Waals surface area contributed by atoms with Gasteiger partial charge in [-0.15, -0.1) is 0 Å². The van der Waals surface area contributed by atoms with E-state index in [2.05, 4.69) is 5.32 Å². The van der Waals surface area contributed by atoms with Crippen LogP contribution in [0.4, 0.5) is 4.79 Å². The molecule has 0 bridgehead atoms. The van der Waals surface area contributed by atoms with Crippen LogP contribution in [0.3, 0.4) is 0 Å². The molecule has 2 amide bonds. The van der Waals surface area contributed by atoms with Gasteiger partial charge < -0.3 is 38.6 Å². The minimum atomic E-state index is -3.82. The van der Waals surface area contributed by atoms with E-state index in [-0.39, 0.29) is 62.3 Å². The summed E-state index contributed by atoms with van der Waals surface area (Å²) in [6.07, 6.45) is -0.680. The van der Waals surface area contributed by atoms with Crippen LogP contribution < -0.4 is 14.8 Å². The molecule has 1 atom stereocenters. The minimum absolute atomic E-state index is 0. The molecule has 12 nitrogen and oxygen atoms in total. The number of hydrogen-bond acceptors (Lipinski definition) is 10. The van der Waals surface area contributed by atoms with E-state index < -0.39 is 54.5 Å². The molecular weight excluding hydrogens is 566 g/mol. The Kier molecular flexibility index (Phi) is 14.9. The molecule has 225 valence electrons. The van der Waals surface area contributed by atoms with Gasteiger partial charge in [0.1, 0.15) is 23.1 Å². The average Bonchev–Trinajstić information content (AvgIpc) is 3.09. The third-order valence-electron chi connectivity index (χ3n) is 5.81. The van der Waals surface area contributed by atoms with E-state index >= 15 is 0 Å². The maximum Gasteiger partial charge on any atom is 0.407 e. The van der Waals surface area contributed by atoms with Crippen molar-refractivity contribution in [2.45, 2.75) is 65.6 Å². The number of hydrogen-bond donors (Lipinski definition) is 2. The fraction of sp³-hybridized carbons (Fsp3) is 0.593. The number of nitrogens with one attached hydrogen (secondary N) is 1. The smallest absolute Gasteiger partial charge is 0.407 e. The molecule has 1 aromatic carbocycles. The molecule has 1 aliphatic rings. The van der Waals surface area contributed by atoms with Crippen molar-refractivity contribution >= 4 is 54.9 Å². The van der Waals surface area contributed by atoms with Crippen LogP contribution in [0.1, 0.15) is 53.0 Å². The Balaban J connectivity index is 0.00000840. The number of ether oxygens (including phenoxy) is 3. The summed E-state index contributed by atoms with van der Waals surface area (Å²) in [5.41, 5.74) is -0.444. The van der Waals surface area contributed by atoms with Crippen molar-refractivity contribution in [3.8, 4) is 11.5 Å². The molecule has 2 rings (SSSR count). The van der Waals surface area contributed by atoms with Crippen LogP contribution in [-0.2, 0) is 34.5 Å². The van der Waals surface area contributed by atoms with Crippen LogP contribution in [0.2, 0.25) is 0 Å². The summed E-state index contributed by atoms with van der Waals surface area (Å²) >= 11 is 0. The third-order valence-corrected chi connectivity index (χ3v) is 7.79. The van der Waals surface area contributed by atoms with Crippen molar-refractivity contribution in [3.63, 3.8) is 0 Å². The van der Waals surface area contributed by atoms with Crippen LogP contribution in [0.15, 0.2) is 29.5 Å². The zero-order chi connectivity index (χ0) is 30.1. The summed E-state index contributed by atoms with van der Waals surface area (Å²) in [6.45, 7) is 8.81. The number of aliphatic hydroxyl groups excluding tert-OH is 1. The van der Waals surface area contributed by atoms with Gasteiger partial charge in [-0.3, -0.25) is 14.2 Å². The van der Waals surface area contributed by atoms with Crippen LogP contribution >= 0.6 is 7.60 Å². The van der Waals surface area contributed by atoms with E-state index in [1.54, 1.807) is 52.8 Å². The van der Waals surface area contributed by atoms with E-state index in [0.29, 0.717) is 23.5 Å². The number of carbonyl (C=O) groups excluding carboxylic acids is 3. The van der Waals surface area contributed by atoms with Crippen molar-refractivity contribution in [1.82, 2.24) is 10.2 Å². The fourth-order valence-electron chi connectivity index (χ4n) is 4.20. The Labute approximate surface area is 263 Å². The molecule has 1 aromatic rings. The molecular formula is C27H41N2NaO10P. The predicted octanol–water partition coefficient (Wildman–Crippen LogP) is 3.99. The first-order valence-electron chi connectivity index (χ1n) is 13.1. The zero-order valence-corrected chi connectivity index (χ0v) is 28.2. The fourth-order valence-corrected chi connectivity index (χ4v) is 5.75. The molecule has 1 aliphatic heterocycles. The maximum absolute atomic E-state index is 13.5. The molecule has 1 radical (unpaired) electrons. The minimum Gasteiger partial charge on any atom is -0.509 e. The van der Waals surface area contributed by atoms with Crippen molar-refractivity contribution in [1.29, 1.82) is 0 Å². The molecule has 2 N–H and O–H groups in total. The second kappa shape index (κ2) is 16.5. The number of benzene rings is 1. The number of alkyl carbamates (subject to hydrolysis) is 1. The molecule has 14 heteroatoms.